The molecule has 0 radical (unpaired) electrons. The molecule has 2 N–H and O–H groups in total. The van der Waals surface area contributed by atoms with Crippen LogP contribution in [0.15, 0.2) is 0 Å². The van der Waals surface area contributed by atoms with Crippen LogP contribution in [0.25, 0.3) is 0 Å². The molecule has 0 heterocycles. The van der Waals surface area contributed by atoms with Gasteiger partial charge < -0.3 is 10.4 Å². The Kier molecular flexibility index (Phi) is 4.78. The van der Waals surface area contributed by atoms with Crippen molar-refractivity contribution in [3.05, 3.63) is 0 Å². The summed E-state index contributed by atoms with van der Waals surface area (Å²) >= 11 is 0. The quantitative estimate of drug-likeness (QED) is 0.747. The maximum atomic E-state index is 11.6. The van der Waals surface area contributed by atoms with Gasteiger partial charge in [-0.15, -0.1) is 0 Å². The summed E-state index contributed by atoms with van der Waals surface area (Å²) in [6.45, 7) is 9.78. The average molecular weight is 215 g/mol. The fourth-order valence-electron chi connectivity index (χ4n) is 0.954. The summed E-state index contributed by atoms with van der Waals surface area (Å²) in [6.07, 6.45) is 0. The molecule has 4 heteroatoms. The first-order valence-electron chi connectivity index (χ1n) is 5.15. The predicted molar refractivity (Wildman–Crippen MR) is 58.4 cm³/mol. The lowest BCUT2D eigenvalue weighted by molar-refractivity contribution is -0.146. The van der Waals surface area contributed by atoms with Crippen molar-refractivity contribution in [1.29, 1.82) is 0 Å². The van der Waals surface area contributed by atoms with E-state index < -0.39 is 17.8 Å². The highest BCUT2D eigenvalue weighted by Crippen LogP contribution is 2.14. The third-order valence-electron chi connectivity index (χ3n) is 2.35. The fourth-order valence-corrected chi connectivity index (χ4v) is 0.954. The summed E-state index contributed by atoms with van der Waals surface area (Å²) in [5.41, 5.74) is 0.0157. The lowest BCUT2D eigenvalue weighted by atomic mass is 9.93. The number of rotatable bonds is 4. The van der Waals surface area contributed by atoms with Gasteiger partial charge in [-0.25, -0.2) is 0 Å². The molecule has 0 fully saturated rings. The van der Waals surface area contributed by atoms with Crippen molar-refractivity contribution in [2.24, 2.45) is 17.3 Å². The van der Waals surface area contributed by atoms with Crippen molar-refractivity contribution in [3.63, 3.8) is 0 Å². The number of carbonyl (C=O) groups is 2. The number of aliphatic carboxylic acids is 1. The minimum atomic E-state index is -0.937. The zero-order valence-corrected chi connectivity index (χ0v) is 10.1. The van der Waals surface area contributed by atoms with Crippen LogP contribution in [0.5, 0.6) is 0 Å². The van der Waals surface area contributed by atoms with Crippen molar-refractivity contribution < 1.29 is 14.7 Å². The molecule has 2 atom stereocenters. The average Bonchev–Trinajstić information content (AvgIpc) is 2.10. The molecule has 0 aromatic rings. The molecule has 0 spiro atoms. The van der Waals surface area contributed by atoms with Crippen LogP contribution in [-0.4, -0.2) is 23.5 Å². The van der Waals surface area contributed by atoms with Crippen LogP contribution < -0.4 is 5.32 Å². The van der Waals surface area contributed by atoms with Gasteiger partial charge in [-0.1, -0.05) is 34.6 Å². The third-order valence-corrected chi connectivity index (χ3v) is 2.35. The molecular formula is C11H21NO3. The second kappa shape index (κ2) is 5.14. The summed E-state index contributed by atoms with van der Waals surface area (Å²) in [4.78, 5) is 22.2. The smallest absolute Gasteiger partial charge is 0.307 e. The van der Waals surface area contributed by atoms with E-state index in [1.807, 2.05) is 20.8 Å². The fraction of sp³-hybridized carbons (Fsp3) is 0.818. The van der Waals surface area contributed by atoms with Crippen LogP contribution in [0.4, 0.5) is 0 Å². The third kappa shape index (κ3) is 5.40. The summed E-state index contributed by atoms with van der Waals surface area (Å²) < 4.78 is 0. The van der Waals surface area contributed by atoms with E-state index in [0.29, 0.717) is 6.54 Å². The monoisotopic (exact) mass is 215 g/mol. The topological polar surface area (TPSA) is 66.4 Å². The van der Waals surface area contributed by atoms with Gasteiger partial charge in [0.2, 0.25) is 5.91 Å². The minimum Gasteiger partial charge on any atom is -0.481 e. The van der Waals surface area contributed by atoms with E-state index in [4.69, 9.17) is 5.11 Å². The first kappa shape index (κ1) is 13.9. The molecule has 2 unspecified atom stereocenters. The predicted octanol–water partition coefficient (Wildman–Crippen LogP) is 1.51. The first-order valence-corrected chi connectivity index (χ1v) is 5.15. The van der Waals surface area contributed by atoms with Gasteiger partial charge in [0.25, 0.3) is 0 Å². The molecular weight excluding hydrogens is 194 g/mol. The van der Waals surface area contributed by atoms with Crippen LogP contribution in [0.1, 0.15) is 34.6 Å². The first-order chi connectivity index (χ1) is 6.65. The van der Waals surface area contributed by atoms with E-state index in [-0.39, 0.29) is 11.3 Å². The van der Waals surface area contributed by atoms with E-state index in [9.17, 15) is 9.59 Å². The molecule has 0 saturated heterocycles. The Balaban J connectivity index is 4.17. The van der Waals surface area contributed by atoms with Crippen molar-refractivity contribution in [1.82, 2.24) is 5.32 Å². The van der Waals surface area contributed by atoms with Crippen LogP contribution in [0, 0.1) is 17.3 Å². The summed E-state index contributed by atoms with van der Waals surface area (Å²) in [5.74, 6) is -2.27. The van der Waals surface area contributed by atoms with Gasteiger partial charge in [0.1, 0.15) is 0 Å². The lowest BCUT2D eigenvalue weighted by Crippen LogP contribution is -2.39. The van der Waals surface area contributed by atoms with Crippen molar-refractivity contribution in [3.8, 4) is 0 Å². The summed E-state index contributed by atoms with van der Waals surface area (Å²) in [6, 6.07) is 0. The van der Waals surface area contributed by atoms with Crippen LogP contribution in [0.2, 0.25) is 0 Å². The molecule has 0 saturated carbocycles. The summed E-state index contributed by atoms with van der Waals surface area (Å²) in [7, 11) is 0. The zero-order valence-electron chi connectivity index (χ0n) is 10.1. The lowest BCUT2D eigenvalue weighted by Gasteiger charge is -2.21. The maximum absolute atomic E-state index is 11.6. The highest BCUT2D eigenvalue weighted by molar-refractivity contribution is 5.84. The Labute approximate surface area is 91.1 Å². The molecule has 0 rings (SSSR count). The SMILES string of the molecule is CC(C(=O)O)C(C)C(=O)NCC(C)(C)C. The molecule has 0 aliphatic rings. The van der Waals surface area contributed by atoms with Crippen LogP contribution in [-0.2, 0) is 9.59 Å². The highest BCUT2D eigenvalue weighted by atomic mass is 16.4. The molecule has 0 aromatic carbocycles. The van der Waals surface area contributed by atoms with Gasteiger partial charge in [-0.05, 0) is 5.41 Å². The number of carboxylic acids is 1. The number of carboxylic acid groups (broad SMARTS) is 1. The standard InChI is InChI=1S/C11H21NO3/c1-7(8(2)10(14)15)9(13)12-6-11(3,4)5/h7-8H,6H2,1-5H3,(H,12,13)(H,14,15). The Morgan fingerprint density at radius 1 is 1.20 bits per heavy atom. The van der Waals surface area contributed by atoms with Crippen LogP contribution >= 0.6 is 0 Å². The maximum Gasteiger partial charge on any atom is 0.307 e. The van der Waals surface area contributed by atoms with Crippen molar-refractivity contribution in [2.75, 3.05) is 6.54 Å². The molecule has 88 valence electrons. The largest absolute Gasteiger partial charge is 0.481 e. The molecule has 0 bridgehead atoms. The molecule has 0 aliphatic heterocycles. The van der Waals surface area contributed by atoms with E-state index in [2.05, 4.69) is 5.32 Å². The number of amides is 1. The van der Waals surface area contributed by atoms with E-state index in [0.717, 1.165) is 0 Å². The number of nitrogens with one attached hydrogen (secondary N) is 1. The van der Waals surface area contributed by atoms with Crippen molar-refractivity contribution in [2.45, 2.75) is 34.6 Å². The highest BCUT2D eigenvalue weighted by Gasteiger charge is 2.26. The Bertz CT molecular complexity index is 243. The molecule has 4 nitrogen and oxygen atoms in total. The minimum absolute atomic E-state index is 0.0157. The van der Waals surface area contributed by atoms with Gasteiger partial charge in [0.05, 0.1) is 5.92 Å². The molecule has 0 aromatic heterocycles. The van der Waals surface area contributed by atoms with Gasteiger partial charge in [-0.2, -0.15) is 0 Å². The normalized spacial score (nSPS) is 15.5. The van der Waals surface area contributed by atoms with E-state index >= 15 is 0 Å². The molecule has 1 amide bonds. The van der Waals surface area contributed by atoms with Gasteiger partial charge >= 0.3 is 5.97 Å². The van der Waals surface area contributed by atoms with Crippen molar-refractivity contribution >= 4 is 11.9 Å². The number of carbonyl (C=O) groups excluding carboxylic acids is 1. The second-order valence-electron chi connectivity index (χ2n) is 5.19. The molecule has 15 heavy (non-hydrogen) atoms. The Hall–Kier alpha value is -1.06. The number of hydrogen-bond donors (Lipinski definition) is 2. The molecule has 0 aliphatic carbocycles. The van der Waals surface area contributed by atoms with Gasteiger partial charge in [0, 0.05) is 12.5 Å². The Morgan fingerprint density at radius 3 is 2.00 bits per heavy atom. The second-order valence-corrected chi connectivity index (χ2v) is 5.19. The van der Waals surface area contributed by atoms with E-state index in [1.54, 1.807) is 13.8 Å². The van der Waals surface area contributed by atoms with E-state index in [1.165, 1.54) is 0 Å². The van der Waals surface area contributed by atoms with Gasteiger partial charge in [-0.3, -0.25) is 9.59 Å². The summed E-state index contributed by atoms with van der Waals surface area (Å²) in [5, 5.41) is 11.5. The van der Waals surface area contributed by atoms with Crippen LogP contribution in [0.3, 0.4) is 0 Å². The number of hydrogen-bond acceptors (Lipinski definition) is 2. The van der Waals surface area contributed by atoms with Gasteiger partial charge in [0.15, 0.2) is 0 Å². The Morgan fingerprint density at radius 2 is 1.67 bits per heavy atom. The zero-order chi connectivity index (χ0) is 12.2.